The Morgan fingerprint density at radius 3 is 2.67 bits per heavy atom. The number of amides is 1. The zero-order valence-electron chi connectivity index (χ0n) is 11.8. The Labute approximate surface area is 122 Å². The highest BCUT2D eigenvalue weighted by Gasteiger charge is 2.17. The third kappa shape index (κ3) is 3.31. The lowest BCUT2D eigenvalue weighted by Gasteiger charge is -2.19. The molecule has 2 aromatic carbocycles. The number of phenols is 1. The molecule has 0 fully saturated rings. The molecule has 0 spiro atoms. The SMILES string of the molecule is COc1ccccc1CN(C)C(=O)c1ccc(F)cc1O. The van der Waals surface area contributed by atoms with Crippen LogP contribution in [0.25, 0.3) is 0 Å². The van der Waals surface area contributed by atoms with Gasteiger partial charge in [-0.05, 0) is 18.2 Å². The van der Waals surface area contributed by atoms with Gasteiger partial charge in [0.25, 0.3) is 5.91 Å². The third-order valence-electron chi connectivity index (χ3n) is 3.14. The maximum absolute atomic E-state index is 13.0. The summed E-state index contributed by atoms with van der Waals surface area (Å²) in [6.07, 6.45) is 0. The number of nitrogens with zero attached hydrogens (tertiary/aromatic N) is 1. The van der Waals surface area contributed by atoms with Gasteiger partial charge in [-0.3, -0.25) is 4.79 Å². The fourth-order valence-electron chi connectivity index (χ4n) is 2.05. The summed E-state index contributed by atoms with van der Waals surface area (Å²) in [5.41, 5.74) is 0.909. The monoisotopic (exact) mass is 289 g/mol. The molecular formula is C16H16FNO3. The van der Waals surface area contributed by atoms with Crippen LogP contribution in [-0.2, 0) is 6.54 Å². The van der Waals surface area contributed by atoms with Gasteiger partial charge in [-0.1, -0.05) is 18.2 Å². The molecule has 0 radical (unpaired) electrons. The quantitative estimate of drug-likeness (QED) is 0.941. The minimum absolute atomic E-state index is 0.0637. The molecular weight excluding hydrogens is 273 g/mol. The smallest absolute Gasteiger partial charge is 0.257 e. The Hall–Kier alpha value is -2.56. The van der Waals surface area contributed by atoms with Crippen LogP contribution >= 0.6 is 0 Å². The van der Waals surface area contributed by atoms with Crippen molar-refractivity contribution in [3.8, 4) is 11.5 Å². The Balaban J connectivity index is 2.19. The normalized spacial score (nSPS) is 10.2. The van der Waals surface area contributed by atoms with Gasteiger partial charge in [-0.15, -0.1) is 0 Å². The van der Waals surface area contributed by atoms with E-state index >= 15 is 0 Å². The zero-order chi connectivity index (χ0) is 15.4. The van der Waals surface area contributed by atoms with Crippen molar-refractivity contribution in [2.24, 2.45) is 0 Å². The summed E-state index contributed by atoms with van der Waals surface area (Å²) >= 11 is 0. The molecule has 0 aliphatic carbocycles. The highest BCUT2D eigenvalue weighted by Crippen LogP contribution is 2.22. The second kappa shape index (κ2) is 6.26. The summed E-state index contributed by atoms with van der Waals surface area (Å²) in [5.74, 6) is -0.665. The molecule has 0 aliphatic rings. The molecule has 1 N–H and O–H groups in total. The largest absolute Gasteiger partial charge is 0.507 e. The molecule has 2 rings (SSSR count). The Kier molecular flexibility index (Phi) is 4.42. The number of halogens is 1. The minimum Gasteiger partial charge on any atom is -0.507 e. The second-order valence-corrected chi connectivity index (χ2v) is 4.63. The van der Waals surface area contributed by atoms with E-state index in [1.165, 1.54) is 11.0 Å². The van der Waals surface area contributed by atoms with Crippen molar-refractivity contribution in [3.63, 3.8) is 0 Å². The van der Waals surface area contributed by atoms with E-state index in [0.717, 1.165) is 17.7 Å². The van der Waals surface area contributed by atoms with Crippen molar-refractivity contribution in [2.45, 2.75) is 6.54 Å². The maximum Gasteiger partial charge on any atom is 0.257 e. The molecule has 0 heterocycles. The lowest BCUT2D eigenvalue weighted by Crippen LogP contribution is -2.26. The van der Waals surface area contributed by atoms with Crippen molar-refractivity contribution in [2.75, 3.05) is 14.2 Å². The number of carbonyl (C=O) groups excluding carboxylic acids is 1. The summed E-state index contributed by atoms with van der Waals surface area (Å²) in [7, 11) is 3.17. The number of methoxy groups -OCH3 is 1. The average Bonchev–Trinajstić information content (AvgIpc) is 2.47. The minimum atomic E-state index is -0.587. The molecule has 0 saturated heterocycles. The number of para-hydroxylation sites is 1. The predicted molar refractivity (Wildman–Crippen MR) is 76.9 cm³/mol. The van der Waals surface area contributed by atoms with E-state index in [0.29, 0.717) is 12.3 Å². The predicted octanol–water partition coefficient (Wildman–Crippen LogP) is 2.81. The summed E-state index contributed by atoms with van der Waals surface area (Å²) in [5, 5.41) is 9.67. The molecule has 5 heteroatoms. The molecule has 4 nitrogen and oxygen atoms in total. The van der Waals surface area contributed by atoms with Crippen LogP contribution in [0.15, 0.2) is 42.5 Å². The van der Waals surface area contributed by atoms with Crippen LogP contribution in [0.2, 0.25) is 0 Å². The molecule has 0 bridgehead atoms. The summed E-state index contributed by atoms with van der Waals surface area (Å²) in [6, 6.07) is 10.7. The summed E-state index contributed by atoms with van der Waals surface area (Å²) in [4.78, 5) is 13.7. The number of rotatable bonds is 4. The lowest BCUT2D eigenvalue weighted by atomic mass is 10.1. The highest BCUT2D eigenvalue weighted by atomic mass is 19.1. The molecule has 2 aromatic rings. The second-order valence-electron chi connectivity index (χ2n) is 4.63. The van der Waals surface area contributed by atoms with Gasteiger partial charge in [-0.2, -0.15) is 0 Å². The van der Waals surface area contributed by atoms with Gasteiger partial charge >= 0.3 is 0 Å². The van der Waals surface area contributed by atoms with Gasteiger partial charge < -0.3 is 14.7 Å². The molecule has 21 heavy (non-hydrogen) atoms. The van der Waals surface area contributed by atoms with Gasteiger partial charge in [0, 0.05) is 25.2 Å². The fourth-order valence-corrected chi connectivity index (χ4v) is 2.05. The number of carbonyl (C=O) groups is 1. The van der Waals surface area contributed by atoms with Crippen molar-refractivity contribution in [1.29, 1.82) is 0 Å². The first-order chi connectivity index (χ1) is 10.0. The van der Waals surface area contributed by atoms with E-state index < -0.39 is 11.7 Å². The molecule has 0 aromatic heterocycles. The van der Waals surface area contributed by atoms with E-state index in [-0.39, 0.29) is 11.3 Å². The maximum atomic E-state index is 13.0. The van der Waals surface area contributed by atoms with Crippen LogP contribution in [-0.4, -0.2) is 30.1 Å². The number of aromatic hydroxyl groups is 1. The van der Waals surface area contributed by atoms with Gasteiger partial charge in [0.2, 0.25) is 0 Å². The molecule has 0 atom stereocenters. The van der Waals surface area contributed by atoms with Gasteiger partial charge in [0.15, 0.2) is 0 Å². The Bertz CT molecular complexity index is 658. The number of ether oxygens (including phenoxy) is 1. The average molecular weight is 289 g/mol. The van der Waals surface area contributed by atoms with E-state index in [1.54, 1.807) is 14.2 Å². The van der Waals surface area contributed by atoms with Crippen LogP contribution in [0.1, 0.15) is 15.9 Å². The first kappa shape index (κ1) is 14.8. The molecule has 0 saturated carbocycles. The molecule has 1 amide bonds. The number of phenolic OH excluding ortho intramolecular Hbond substituents is 1. The van der Waals surface area contributed by atoms with E-state index in [1.807, 2.05) is 24.3 Å². The third-order valence-corrected chi connectivity index (χ3v) is 3.14. The first-order valence-corrected chi connectivity index (χ1v) is 6.39. The highest BCUT2D eigenvalue weighted by molar-refractivity contribution is 5.96. The lowest BCUT2D eigenvalue weighted by molar-refractivity contribution is 0.0781. The zero-order valence-corrected chi connectivity index (χ0v) is 11.8. The van der Waals surface area contributed by atoms with Crippen LogP contribution in [0, 0.1) is 5.82 Å². The van der Waals surface area contributed by atoms with Crippen molar-refractivity contribution < 1.29 is 19.0 Å². The first-order valence-electron chi connectivity index (χ1n) is 6.39. The van der Waals surface area contributed by atoms with Crippen molar-refractivity contribution in [1.82, 2.24) is 4.90 Å². The molecule has 110 valence electrons. The van der Waals surface area contributed by atoms with Crippen LogP contribution in [0.5, 0.6) is 11.5 Å². The van der Waals surface area contributed by atoms with Crippen LogP contribution in [0.3, 0.4) is 0 Å². The van der Waals surface area contributed by atoms with Gasteiger partial charge in [0.05, 0.1) is 12.7 Å². The topological polar surface area (TPSA) is 49.8 Å². The van der Waals surface area contributed by atoms with Crippen LogP contribution < -0.4 is 4.74 Å². The summed E-state index contributed by atoms with van der Waals surface area (Å²) in [6.45, 7) is 0.319. The molecule has 0 aliphatic heterocycles. The number of hydrogen-bond acceptors (Lipinski definition) is 3. The van der Waals surface area contributed by atoms with Crippen molar-refractivity contribution >= 4 is 5.91 Å². The van der Waals surface area contributed by atoms with E-state index in [9.17, 15) is 14.3 Å². The fraction of sp³-hybridized carbons (Fsp3) is 0.188. The Morgan fingerprint density at radius 2 is 2.00 bits per heavy atom. The number of benzene rings is 2. The van der Waals surface area contributed by atoms with Gasteiger partial charge in [0.1, 0.15) is 17.3 Å². The van der Waals surface area contributed by atoms with Crippen LogP contribution in [0.4, 0.5) is 4.39 Å². The summed E-state index contributed by atoms with van der Waals surface area (Å²) < 4.78 is 18.2. The standard InChI is InChI=1S/C16H16FNO3/c1-18(10-11-5-3-4-6-15(11)21-2)16(20)13-8-7-12(17)9-14(13)19/h3-9,19H,10H2,1-2H3. The Morgan fingerprint density at radius 1 is 1.29 bits per heavy atom. The number of hydrogen-bond donors (Lipinski definition) is 1. The molecule has 0 unspecified atom stereocenters. The van der Waals surface area contributed by atoms with Crippen molar-refractivity contribution in [3.05, 3.63) is 59.4 Å². The van der Waals surface area contributed by atoms with E-state index in [4.69, 9.17) is 4.74 Å². The van der Waals surface area contributed by atoms with Gasteiger partial charge in [-0.25, -0.2) is 4.39 Å². The van der Waals surface area contributed by atoms with E-state index in [2.05, 4.69) is 0 Å².